The lowest BCUT2D eigenvalue weighted by Crippen LogP contribution is -2.41. The van der Waals surface area contributed by atoms with Crippen LogP contribution in [0.1, 0.15) is 45.1 Å². The van der Waals surface area contributed by atoms with Gasteiger partial charge in [0.2, 0.25) is 5.91 Å². The van der Waals surface area contributed by atoms with Crippen molar-refractivity contribution in [3.8, 4) is 11.5 Å². The van der Waals surface area contributed by atoms with Crippen molar-refractivity contribution in [2.24, 2.45) is 5.92 Å². The van der Waals surface area contributed by atoms with E-state index in [1.807, 2.05) is 23.1 Å². The average molecular weight is 385 g/mol. The molecule has 2 rings (SSSR count). The van der Waals surface area contributed by atoms with Gasteiger partial charge in [-0.1, -0.05) is 19.9 Å². The first-order chi connectivity index (χ1) is 12.2. The lowest BCUT2D eigenvalue weighted by Gasteiger charge is -2.29. The van der Waals surface area contributed by atoms with Crippen LogP contribution in [0.2, 0.25) is 0 Å². The molecule has 0 radical (unpaired) electrons. The zero-order valence-electron chi connectivity index (χ0n) is 16.3. The standard InChI is InChI=1S/C20H32N2O3.ClH/c1-4-12-22(20(23)17-8-10-21-11-9-17)15-16-6-7-18(25-13-5-2)19(14-16)24-3;/h6-7,14,17,21H,4-5,8-13,15H2,1-3H3;1H. The predicted molar refractivity (Wildman–Crippen MR) is 107 cm³/mol. The smallest absolute Gasteiger partial charge is 0.226 e. The quantitative estimate of drug-likeness (QED) is 0.706. The van der Waals surface area contributed by atoms with Crippen molar-refractivity contribution in [3.63, 3.8) is 0 Å². The summed E-state index contributed by atoms with van der Waals surface area (Å²) in [4.78, 5) is 14.9. The summed E-state index contributed by atoms with van der Waals surface area (Å²) in [6.07, 6.45) is 3.80. The molecule has 1 heterocycles. The molecule has 6 heteroatoms. The van der Waals surface area contributed by atoms with Crippen LogP contribution in [0, 0.1) is 5.92 Å². The Morgan fingerprint density at radius 2 is 1.92 bits per heavy atom. The number of rotatable bonds is 9. The molecule has 1 aromatic rings. The van der Waals surface area contributed by atoms with Gasteiger partial charge in [0, 0.05) is 19.0 Å². The van der Waals surface area contributed by atoms with Crippen molar-refractivity contribution >= 4 is 18.3 Å². The van der Waals surface area contributed by atoms with Crippen LogP contribution in [0.4, 0.5) is 0 Å². The van der Waals surface area contributed by atoms with Crippen molar-refractivity contribution in [1.82, 2.24) is 10.2 Å². The van der Waals surface area contributed by atoms with Gasteiger partial charge in [-0.25, -0.2) is 0 Å². The van der Waals surface area contributed by atoms with E-state index in [0.717, 1.165) is 62.4 Å². The van der Waals surface area contributed by atoms with Crippen molar-refractivity contribution < 1.29 is 14.3 Å². The van der Waals surface area contributed by atoms with E-state index in [1.165, 1.54) is 0 Å². The Balaban J connectivity index is 0.00000338. The summed E-state index contributed by atoms with van der Waals surface area (Å²) in [5.74, 6) is 1.94. The maximum Gasteiger partial charge on any atom is 0.226 e. The highest BCUT2D eigenvalue weighted by Gasteiger charge is 2.25. The molecule has 1 aromatic carbocycles. The fraction of sp³-hybridized carbons (Fsp3) is 0.650. The Labute approximate surface area is 163 Å². The van der Waals surface area contributed by atoms with Crippen LogP contribution in [-0.2, 0) is 11.3 Å². The first kappa shape index (κ1) is 22.6. The highest BCUT2D eigenvalue weighted by Crippen LogP contribution is 2.29. The second kappa shape index (κ2) is 12.0. The fourth-order valence-corrected chi connectivity index (χ4v) is 3.23. The van der Waals surface area contributed by atoms with E-state index in [9.17, 15) is 4.79 Å². The molecule has 0 aliphatic carbocycles. The number of benzene rings is 1. The van der Waals surface area contributed by atoms with Crippen LogP contribution in [-0.4, -0.2) is 44.2 Å². The van der Waals surface area contributed by atoms with Crippen LogP contribution in [0.25, 0.3) is 0 Å². The molecule has 1 N–H and O–H groups in total. The van der Waals surface area contributed by atoms with Crippen molar-refractivity contribution in [2.45, 2.75) is 46.1 Å². The predicted octanol–water partition coefficient (Wildman–Crippen LogP) is 3.64. The minimum Gasteiger partial charge on any atom is -0.493 e. The fourth-order valence-electron chi connectivity index (χ4n) is 3.23. The van der Waals surface area contributed by atoms with Crippen LogP contribution in [0.5, 0.6) is 11.5 Å². The number of carbonyl (C=O) groups is 1. The minimum absolute atomic E-state index is 0. The monoisotopic (exact) mass is 384 g/mol. The van der Waals surface area contributed by atoms with Gasteiger partial charge in [-0.05, 0) is 56.5 Å². The first-order valence-electron chi connectivity index (χ1n) is 9.48. The number of ether oxygens (including phenoxy) is 2. The van der Waals surface area contributed by atoms with E-state index in [-0.39, 0.29) is 24.2 Å². The van der Waals surface area contributed by atoms with E-state index in [0.29, 0.717) is 13.2 Å². The summed E-state index contributed by atoms with van der Waals surface area (Å²) in [7, 11) is 1.65. The zero-order valence-corrected chi connectivity index (χ0v) is 17.1. The van der Waals surface area contributed by atoms with Crippen molar-refractivity contribution in [1.29, 1.82) is 0 Å². The molecule has 0 aromatic heterocycles. The lowest BCUT2D eigenvalue weighted by atomic mass is 9.96. The molecule has 0 atom stereocenters. The number of nitrogens with zero attached hydrogens (tertiary/aromatic N) is 1. The molecule has 1 saturated heterocycles. The second-order valence-corrected chi connectivity index (χ2v) is 6.62. The molecule has 1 fully saturated rings. The Kier molecular flexibility index (Phi) is 10.4. The minimum atomic E-state index is 0. The molecule has 0 bridgehead atoms. The summed E-state index contributed by atoms with van der Waals surface area (Å²) < 4.78 is 11.2. The number of amides is 1. The lowest BCUT2D eigenvalue weighted by molar-refractivity contribution is -0.137. The Bertz CT molecular complexity index is 548. The topological polar surface area (TPSA) is 50.8 Å². The number of hydrogen-bond donors (Lipinski definition) is 1. The van der Waals surface area contributed by atoms with E-state index in [1.54, 1.807) is 7.11 Å². The van der Waals surface area contributed by atoms with E-state index < -0.39 is 0 Å². The van der Waals surface area contributed by atoms with Crippen LogP contribution >= 0.6 is 12.4 Å². The summed E-state index contributed by atoms with van der Waals surface area (Å²) in [5.41, 5.74) is 1.08. The maximum absolute atomic E-state index is 12.9. The Hall–Kier alpha value is -1.46. The molecule has 148 valence electrons. The third kappa shape index (κ3) is 6.36. The second-order valence-electron chi connectivity index (χ2n) is 6.62. The maximum atomic E-state index is 12.9. The number of methoxy groups -OCH3 is 1. The van der Waals surface area contributed by atoms with Crippen molar-refractivity contribution in [2.75, 3.05) is 33.4 Å². The number of carbonyl (C=O) groups excluding carboxylic acids is 1. The van der Waals surface area contributed by atoms with Gasteiger partial charge < -0.3 is 19.7 Å². The van der Waals surface area contributed by atoms with Crippen molar-refractivity contribution in [3.05, 3.63) is 23.8 Å². The largest absolute Gasteiger partial charge is 0.493 e. The number of piperidine rings is 1. The number of hydrogen-bond acceptors (Lipinski definition) is 4. The van der Waals surface area contributed by atoms with Crippen LogP contribution in [0.3, 0.4) is 0 Å². The van der Waals surface area contributed by atoms with Gasteiger partial charge in [0.15, 0.2) is 11.5 Å². The summed E-state index contributed by atoms with van der Waals surface area (Å²) in [6, 6.07) is 5.97. The Morgan fingerprint density at radius 3 is 2.54 bits per heavy atom. The van der Waals surface area contributed by atoms with E-state index in [4.69, 9.17) is 9.47 Å². The molecule has 0 spiro atoms. The molecule has 1 aliphatic rings. The van der Waals surface area contributed by atoms with Gasteiger partial charge in [0.1, 0.15) is 0 Å². The Morgan fingerprint density at radius 1 is 1.19 bits per heavy atom. The van der Waals surface area contributed by atoms with Gasteiger partial charge in [0.05, 0.1) is 13.7 Å². The summed E-state index contributed by atoms with van der Waals surface area (Å²) in [5, 5.41) is 3.33. The molecule has 5 nitrogen and oxygen atoms in total. The average Bonchev–Trinajstić information content (AvgIpc) is 2.66. The molecule has 1 aliphatic heterocycles. The van der Waals surface area contributed by atoms with E-state index in [2.05, 4.69) is 19.2 Å². The summed E-state index contributed by atoms with van der Waals surface area (Å²) >= 11 is 0. The molecule has 1 amide bonds. The molecular formula is C20H33ClN2O3. The first-order valence-corrected chi connectivity index (χ1v) is 9.48. The number of halogens is 1. The van der Waals surface area contributed by atoms with Crippen LogP contribution in [0.15, 0.2) is 18.2 Å². The third-order valence-corrected chi connectivity index (χ3v) is 4.56. The van der Waals surface area contributed by atoms with Gasteiger partial charge in [-0.15, -0.1) is 12.4 Å². The van der Waals surface area contributed by atoms with Gasteiger partial charge in [0.25, 0.3) is 0 Å². The van der Waals surface area contributed by atoms with Gasteiger partial charge >= 0.3 is 0 Å². The molecule has 0 saturated carbocycles. The zero-order chi connectivity index (χ0) is 18.1. The van der Waals surface area contributed by atoms with E-state index >= 15 is 0 Å². The van der Waals surface area contributed by atoms with Crippen LogP contribution < -0.4 is 14.8 Å². The highest BCUT2D eigenvalue weighted by atomic mass is 35.5. The van der Waals surface area contributed by atoms with Gasteiger partial charge in [-0.2, -0.15) is 0 Å². The summed E-state index contributed by atoms with van der Waals surface area (Å²) in [6.45, 7) is 8.16. The molecular weight excluding hydrogens is 352 g/mol. The number of nitrogens with one attached hydrogen (secondary N) is 1. The third-order valence-electron chi connectivity index (χ3n) is 4.56. The molecule has 0 unspecified atom stereocenters. The molecule has 26 heavy (non-hydrogen) atoms. The SMILES string of the molecule is CCCOc1ccc(CN(CCC)C(=O)C2CCNCC2)cc1OC.Cl. The van der Waals surface area contributed by atoms with Gasteiger partial charge in [-0.3, -0.25) is 4.79 Å². The normalized spacial score (nSPS) is 14.4. The highest BCUT2D eigenvalue weighted by molar-refractivity contribution is 5.85.